The van der Waals surface area contributed by atoms with Crippen molar-refractivity contribution in [3.63, 3.8) is 0 Å². The summed E-state index contributed by atoms with van der Waals surface area (Å²) in [4.78, 5) is 27.4. The molecule has 10 heteroatoms. The normalized spacial score (nSPS) is 17.2. The number of Topliss-reactive ketones (excluding diaryl/α,β-unsaturated/α-hetero) is 1. The maximum Gasteiger partial charge on any atom is 0.230 e. The Balaban J connectivity index is 1.34. The smallest absolute Gasteiger partial charge is 0.230 e. The Labute approximate surface area is 235 Å². The standard InChI is InChI=1S/C29H28N6O2S2/c1-18-7-5-10-20(15-18)25-21(16-30)27(31)35(22-11-6-12-23(36)26(22)25)28-33-34-29(39-28)38-17-24(37)32-14-13-19-8-3-2-4-9-19/h2-5,7-10,15,25H,6,11-14,17,31H2,1H3,(H,32,37). The van der Waals surface area contributed by atoms with Crippen LogP contribution in [0.15, 0.2) is 81.6 Å². The number of nitrogens with two attached hydrogens (primary N) is 1. The van der Waals surface area contributed by atoms with Crippen molar-refractivity contribution < 1.29 is 9.59 Å². The first-order chi connectivity index (χ1) is 19.0. The number of ketones is 1. The van der Waals surface area contributed by atoms with E-state index in [2.05, 4.69) is 21.6 Å². The lowest BCUT2D eigenvalue weighted by molar-refractivity contribution is -0.118. The van der Waals surface area contributed by atoms with E-state index in [-0.39, 0.29) is 23.3 Å². The molecule has 5 rings (SSSR count). The van der Waals surface area contributed by atoms with Crippen molar-refractivity contribution in [1.82, 2.24) is 15.5 Å². The summed E-state index contributed by atoms with van der Waals surface area (Å²) in [6.45, 7) is 2.55. The van der Waals surface area contributed by atoms with Gasteiger partial charge < -0.3 is 11.1 Å². The largest absolute Gasteiger partial charge is 0.384 e. The summed E-state index contributed by atoms with van der Waals surface area (Å²) >= 11 is 2.59. The van der Waals surface area contributed by atoms with Crippen LogP contribution < -0.4 is 16.0 Å². The highest BCUT2D eigenvalue weighted by Gasteiger charge is 2.41. The van der Waals surface area contributed by atoms with Gasteiger partial charge in [0.2, 0.25) is 11.0 Å². The fourth-order valence-corrected chi connectivity index (χ4v) is 6.72. The summed E-state index contributed by atoms with van der Waals surface area (Å²) in [7, 11) is 0. The maximum absolute atomic E-state index is 13.3. The molecule has 0 fully saturated rings. The quantitative estimate of drug-likeness (QED) is 0.386. The van der Waals surface area contributed by atoms with E-state index in [0.29, 0.717) is 46.4 Å². The van der Waals surface area contributed by atoms with E-state index in [9.17, 15) is 14.9 Å². The highest BCUT2D eigenvalue weighted by atomic mass is 32.2. The second-order valence-corrected chi connectivity index (χ2v) is 11.6. The second kappa shape index (κ2) is 11.8. The van der Waals surface area contributed by atoms with Crippen molar-refractivity contribution >= 4 is 39.9 Å². The molecule has 1 aromatic heterocycles. The number of thioether (sulfide) groups is 1. The van der Waals surface area contributed by atoms with Crippen molar-refractivity contribution in [3.05, 3.63) is 94.0 Å². The molecule has 1 atom stereocenters. The summed E-state index contributed by atoms with van der Waals surface area (Å²) in [6, 6.07) is 20.1. The number of rotatable bonds is 8. The third-order valence-corrected chi connectivity index (χ3v) is 8.82. The summed E-state index contributed by atoms with van der Waals surface area (Å²) in [5, 5.41) is 22.2. The monoisotopic (exact) mass is 556 g/mol. The molecule has 1 unspecified atom stereocenters. The van der Waals surface area contributed by atoms with Crippen molar-refractivity contribution in [1.29, 1.82) is 5.26 Å². The number of carbonyl (C=O) groups excluding carboxylic acids is 2. The number of anilines is 1. The van der Waals surface area contributed by atoms with Gasteiger partial charge in [-0.05, 0) is 37.3 Å². The Hall–Kier alpha value is -3.94. The molecule has 2 aromatic carbocycles. The molecule has 0 radical (unpaired) electrons. The zero-order valence-electron chi connectivity index (χ0n) is 21.5. The third kappa shape index (κ3) is 5.75. The summed E-state index contributed by atoms with van der Waals surface area (Å²) in [5.41, 5.74) is 11.4. The van der Waals surface area contributed by atoms with E-state index in [1.54, 1.807) is 4.90 Å². The molecule has 1 aliphatic heterocycles. The van der Waals surface area contributed by atoms with Crippen LogP contribution in [0.3, 0.4) is 0 Å². The Bertz CT molecular complexity index is 1510. The van der Waals surface area contributed by atoms with Crippen LogP contribution in [0, 0.1) is 18.3 Å². The number of nitriles is 1. The highest BCUT2D eigenvalue weighted by Crippen LogP contribution is 2.47. The van der Waals surface area contributed by atoms with Crippen LogP contribution in [0.4, 0.5) is 5.13 Å². The van der Waals surface area contributed by atoms with E-state index in [0.717, 1.165) is 23.2 Å². The molecule has 39 heavy (non-hydrogen) atoms. The fourth-order valence-electron chi connectivity index (χ4n) is 5.01. The van der Waals surface area contributed by atoms with Crippen molar-refractivity contribution in [2.45, 2.75) is 42.9 Å². The van der Waals surface area contributed by atoms with Crippen LogP contribution in [0.1, 0.15) is 41.9 Å². The lowest BCUT2D eigenvalue weighted by Crippen LogP contribution is -2.38. The van der Waals surface area contributed by atoms with Gasteiger partial charge in [0, 0.05) is 24.2 Å². The van der Waals surface area contributed by atoms with Crippen molar-refractivity contribution in [2.24, 2.45) is 5.73 Å². The number of aryl methyl sites for hydroxylation is 1. The topological polar surface area (TPSA) is 125 Å². The molecule has 3 aromatic rings. The Morgan fingerprint density at radius 3 is 2.79 bits per heavy atom. The van der Waals surface area contributed by atoms with Gasteiger partial charge in [0.1, 0.15) is 5.82 Å². The third-order valence-electron chi connectivity index (χ3n) is 6.78. The fraction of sp³-hybridized carbons (Fsp3) is 0.276. The number of amides is 1. The molecular formula is C29H28N6O2S2. The van der Waals surface area contributed by atoms with Crippen LogP contribution in [-0.2, 0) is 16.0 Å². The van der Waals surface area contributed by atoms with E-state index in [1.165, 1.54) is 28.7 Å². The van der Waals surface area contributed by atoms with E-state index >= 15 is 0 Å². The zero-order valence-corrected chi connectivity index (χ0v) is 23.1. The predicted molar refractivity (Wildman–Crippen MR) is 153 cm³/mol. The number of allylic oxidation sites excluding steroid dienone is 3. The number of aromatic nitrogens is 2. The van der Waals surface area contributed by atoms with Gasteiger partial charge in [-0.25, -0.2) is 0 Å². The second-order valence-electron chi connectivity index (χ2n) is 9.46. The molecule has 1 amide bonds. The first kappa shape index (κ1) is 26.7. The first-order valence-corrected chi connectivity index (χ1v) is 14.6. The molecule has 1 aliphatic carbocycles. The number of hydrogen-bond donors (Lipinski definition) is 2. The lowest BCUT2D eigenvalue weighted by atomic mass is 9.75. The average Bonchev–Trinajstić information content (AvgIpc) is 3.40. The minimum absolute atomic E-state index is 0.0271. The number of nitrogens with one attached hydrogen (secondary N) is 1. The lowest BCUT2D eigenvalue weighted by Gasteiger charge is -2.38. The van der Waals surface area contributed by atoms with Gasteiger partial charge in [-0.1, -0.05) is 83.3 Å². The van der Waals surface area contributed by atoms with Gasteiger partial charge in [-0.15, -0.1) is 10.2 Å². The Morgan fingerprint density at radius 2 is 2.03 bits per heavy atom. The summed E-state index contributed by atoms with van der Waals surface area (Å²) in [6.07, 6.45) is 2.55. The molecule has 8 nitrogen and oxygen atoms in total. The predicted octanol–water partition coefficient (Wildman–Crippen LogP) is 4.60. The molecular weight excluding hydrogens is 528 g/mol. The van der Waals surface area contributed by atoms with Gasteiger partial charge in [0.15, 0.2) is 10.1 Å². The molecule has 198 valence electrons. The van der Waals surface area contributed by atoms with Crippen molar-refractivity contribution in [2.75, 3.05) is 17.2 Å². The number of nitrogens with zero attached hydrogens (tertiary/aromatic N) is 4. The van der Waals surface area contributed by atoms with Crippen LogP contribution in [0.5, 0.6) is 0 Å². The zero-order chi connectivity index (χ0) is 27.4. The van der Waals surface area contributed by atoms with Crippen LogP contribution in [0.25, 0.3) is 0 Å². The van der Waals surface area contributed by atoms with Crippen LogP contribution >= 0.6 is 23.1 Å². The van der Waals surface area contributed by atoms with Crippen LogP contribution in [-0.4, -0.2) is 34.2 Å². The van der Waals surface area contributed by atoms with Gasteiger partial charge in [0.25, 0.3) is 0 Å². The van der Waals surface area contributed by atoms with E-state index in [1.807, 2.05) is 61.5 Å². The Morgan fingerprint density at radius 1 is 1.21 bits per heavy atom. The van der Waals surface area contributed by atoms with Crippen molar-refractivity contribution in [3.8, 4) is 6.07 Å². The number of benzene rings is 2. The molecule has 2 aliphatic rings. The summed E-state index contributed by atoms with van der Waals surface area (Å²) in [5.74, 6) is -0.0841. The van der Waals surface area contributed by atoms with Gasteiger partial charge >= 0.3 is 0 Å². The number of carbonyl (C=O) groups is 2. The maximum atomic E-state index is 13.3. The molecule has 0 saturated heterocycles. The molecule has 0 saturated carbocycles. The molecule has 0 bridgehead atoms. The minimum Gasteiger partial charge on any atom is -0.384 e. The van der Waals surface area contributed by atoms with Gasteiger partial charge in [0.05, 0.1) is 23.3 Å². The molecule has 0 spiro atoms. The van der Waals surface area contributed by atoms with Gasteiger partial charge in [-0.2, -0.15) is 5.26 Å². The SMILES string of the molecule is Cc1cccc(C2C(C#N)=C(N)N(c3nnc(SCC(=O)NCCc4ccccc4)s3)C3=C2C(=O)CCC3)c1. The average molecular weight is 557 g/mol. The minimum atomic E-state index is -0.504. The summed E-state index contributed by atoms with van der Waals surface area (Å²) < 4.78 is 0.611. The first-order valence-electron chi connectivity index (χ1n) is 12.8. The van der Waals surface area contributed by atoms with Gasteiger partial charge in [-0.3, -0.25) is 14.5 Å². The molecule has 2 heterocycles. The van der Waals surface area contributed by atoms with Crippen LogP contribution in [0.2, 0.25) is 0 Å². The number of hydrogen-bond acceptors (Lipinski definition) is 9. The highest BCUT2D eigenvalue weighted by molar-refractivity contribution is 8.01. The van der Waals surface area contributed by atoms with E-state index < -0.39 is 5.92 Å². The van der Waals surface area contributed by atoms with E-state index in [4.69, 9.17) is 5.73 Å². The molecule has 3 N–H and O–H groups in total. The Kier molecular flexibility index (Phi) is 8.10.